The van der Waals surface area contributed by atoms with Crippen LogP contribution in [0.1, 0.15) is 46.1 Å². The molecule has 1 aliphatic rings. The van der Waals surface area contributed by atoms with Crippen molar-refractivity contribution in [3.8, 4) is 0 Å². The van der Waals surface area contributed by atoms with Crippen molar-refractivity contribution in [3.05, 3.63) is 29.8 Å². The Morgan fingerprint density at radius 1 is 1.12 bits per heavy atom. The van der Waals surface area contributed by atoms with Crippen LogP contribution in [0.25, 0.3) is 0 Å². The van der Waals surface area contributed by atoms with Crippen LogP contribution in [0.5, 0.6) is 0 Å². The molecule has 1 heterocycles. The van der Waals surface area contributed by atoms with Gasteiger partial charge in [-0.25, -0.2) is 4.79 Å². The Labute approximate surface area is 193 Å². The first-order valence-electron chi connectivity index (χ1n) is 11.8. The van der Waals surface area contributed by atoms with Gasteiger partial charge in [-0.1, -0.05) is 12.1 Å². The molecule has 0 radical (unpaired) electrons. The van der Waals surface area contributed by atoms with Crippen molar-refractivity contribution in [1.29, 1.82) is 0 Å². The number of anilines is 1. The van der Waals surface area contributed by atoms with E-state index < -0.39 is 11.7 Å². The lowest BCUT2D eigenvalue weighted by atomic mass is 10.1. The summed E-state index contributed by atoms with van der Waals surface area (Å²) in [6.07, 6.45) is 2.67. The van der Waals surface area contributed by atoms with E-state index >= 15 is 0 Å². The van der Waals surface area contributed by atoms with E-state index in [1.165, 1.54) is 5.56 Å². The second-order valence-electron chi connectivity index (χ2n) is 8.92. The summed E-state index contributed by atoms with van der Waals surface area (Å²) in [4.78, 5) is 19.0. The van der Waals surface area contributed by atoms with Crippen molar-refractivity contribution in [1.82, 2.24) is 15.5 Å². The maximum atomic E-state index is 11.9. The summed E-state index contributed by atoms with van der Waals surface area (Å²) in [6, 6.07) is 7.83. The van der Waals surface area contributed by atoms with Gasteiger partial charge in [0.1, 0.15) is 5.60 Å². The van der Waals surface area contributed by atoms with Gasteiger partial charge in [-0.2, -0.15) is 0 Å². The van der Waals surface area contributed by atoms with E-state index in [4.69, 9.17) is 14.5 Å². The van der Waals surface area contributed by atoms with Gasteiger partial charge >= 0.3 is 6.09 Å². The van der Waals surface area contributed by atoms with Gasteiger partial charge in [0, 0.05) is 38.4 Å². The summed E-state index contributed by atoms with van der Waals surface area (Å²) >= 11 is 0. The van der Waals surface area contributed by atoms with Crippen molar-refractivity contribution in [3.63, 3.8) is 0 Å². The monoisotopic (exact) mass is 447 g/mol. The number of unbranched alkanes of at least 4 members (excludes halogenated alkanes) is 1. The number of ether oxygens (including phenoxy) is 2. The van der Waals surface area contributed by atoms with E-state index in [-0.39, 0.29) is 0 Å². The number of rotatable bonds is 10. The third kappa shape index (κ3) is 11.3. The quantitative estimate of drug-likeness (QED) is 0.290. The first-order valence-corrected chi connectivity index (χ1v) is 11.8. The third-order valence-corrected chi connectivity index (χ3v) is 4.91. The molecule has 0 saturated carbocycles. The van der Waals surface area contributed by atoms with Crippen molar-refractivity contribution in [2.24, 2.45) is 4.99 Å². The molecule has 180 valence electrons. The minimum absolute atomic E-state index is 0.441. The molecule has 8 nitrogen and oxygen atoms in total. The van der Waals surface area contributed by atoms with E-state index in [0.717, 1.165) is 83.4 Å². The molecule has 8 heteroatoms. The Hall–Kier alpha value is -2.32. The number of hydrogen-bond acceptors (Lipinski definition) is 5. The van der Waals surface area contributed by atoms with E-state index in [9.17, 15) is 4.79 Å². The summed E-state index contributed by atoms with van der Waals surface area (Å²) in [7, 11) is 0. The Kier molecular flexibility index (Phi) is 11.3. The van der Waals surface area contributed by atoms with Gasteiger partial charge in [-0.15, -0.1) is 0 Å². The summed E-state index contributed by atoms with van der Waals surface area (Å²) in [5, 5.41) is 9.47. The molecule has 0 bridgehead atoms. The van der Waals surface area contributed by atoms with E-state index in [1.54, 1.807) is 0 Å². The molecule has 1 aromatic rings. The maximum absolute atomic E-state index is 11.9. The summed E-state index contributed by atoms with van der Waals surface area (Å²) in [5.74, 6) is 0.863. The van der Waals surface area contributed by atoms with Crippen molar-refractivity contribution < 1.29 is 14.3 Å². The Balaban J connectivity index is 1.67. The van der Waals surface area contributed by atoms with Crippen LogP contribution >= 0.6 is 0 Å². The van der Waals surface area contributed by atoms with Gasteiger partial charge in [0.05, 0.1) is 13.2 Å². The lowest BCUT2D eigenvalue weighted by Crippen LogP contribution is -2.38. The molecule has 0 aliphatic carbocycles. The van der Waals surface area contributed by atoms with Crippen LogP contribution in [-0.2, 0) is 15.9 Å². The fraction of sp³-hybridized carbons (Fsp3) is 0.667. The van der Waals surface area contributed by atoms with E-state index in [1.807, 2.05) is 45.0 Å². The van der Waals surface area contributed by atoms with Crippen LogP contribution in [0.3, 0.4) is 0 Å². The molecular formula is C24H41N5O3. The first kappa shape index (κ1) is 25.9. The van der Waals surface area contributed by atoms with Crippen LogP contribution in [0.15, 0.2) is 29.3 Å². The number of carbonyl (C=O) groups excluding carboxylic acids is 1. The van der Waals surface area contributed by atoms with Gasteiger partial charge in [0.15, 0.2) is 5.96 Å². The zero-order valence-corrected chi connectivity index (χ0v) is 20.2. The van der Waals surface area contributed by atoms with Crippen LogP contribution < -0.4 is 16.0 Å². The first-order chi connectivity index (χ1) is 15.4. The highest BCUT2D eigenvalue weighted by Gasteiger charge is 2.16. The summed E-state index contributed by atoms with van der Waals surface area (Å²) < 4.78 is 10.7. The minimum atomic E-state index is -0.510. The van der Waals surface area contributed by atoms with Crippen molar-refractivity contribution in [2.75, 3.05) is 57.8 Å². The number of carbonyl (C=O) groups is 1. The van der Waals surface area contributed by atoms with Gasteiger partial charge in [0.25, 0.3) is 0 Å². The number of nitrogens with one attached hydrogen (secondary N) is 3. The average molecular weight is 448 g/mol. The number of aliphatic imine (C=N–C) groups is 1. The predicted octanol–water partition coefficient (Wildman–Crippen LogP) is 3.24. The van der Waals surface area contributed by atoms with E-state index in [0.29, 0.717) is 0 Å². The van der Waals surface area contributed by atoms with E-state index in [2.05, 4.69) is 27.8 Å². The van der Waals surface area contributed by atoms with Crippen LogP contribution in [0.2, 0.25) is 0 Å². The second kappa shape index (κ2) is 14.0. The molecule has 1 amide bonds. The Bertz CT molecular complexity index is 695. The fourth-order valence-electron chi connectivity index (χ4n) is 3.31. The highest BCUT2D eigenvalue weighted by atomic mass is 16.6. The summed E-state index contributed by atoms with van der Waals surface area (Å²) in [6.45, 7) is 15.0. The lowest BCUT2D eigenvalue weighted by Gasteiger charge is -2.26. The number of hydrogen-bond donors (Lipinski definition) is 3. The SMILES string of the molecule is CCNC(=NCCCCN1CCOCC1)NCCc1ccc(NC(=O)OC(C)(C)C)cc1. The zero-order valence-electron chi connectivity index (χ0n) is 20.2. The number of morpholine rings is 1. The normalized spacial score (nSPS) is 15.3. The molecule has 1 saturated heterocycles. The summed E-state index contributed by atoms with van der Waals surface area (Å²) in [5.41, 5.74) is 1.40. The molecule has 1 fully saturated rings. The van der Waals surface area contributed by atoms with Gasteiger partial charge < -0.3 is 20.1 Å². The highest BCUT2D eigenvalue weighted by molar-refractivity contribution is 5.84. The third-order valence-electron chi connectivity index (χ3n) is 4.91. The molecule has 1 aromatic carbocycles. The second-order valence-corrected chi connectivity index (χ2v) is 8.92. The van der Waals surface area contributed by atoms with Crippen molar-refractivity contribution >= 4 is 17.7 Å². The number of amides is 1. The molecule has 32 heavy (non-hydrogen) atoms. The molecule has 0 spiro atoms. The van der Waals surface area contributed by atoms with Crippen LogP contribution in [0.4, 0.5) is 10.5 Å². The molecule has 3 N–H and O–H groups in total. The lowest BCUT2D eigenvalue weighted by molar-refractivity contribution is 0.0373. The van der Waals surface area contributed by atoms with Crippen LogP contribution in [0, 0.1) is 0 Å². The number of guanidine groups is 1. The molecule has 0 unspecified atom stereocenters. The van der Waals surface area contributed by atoms with Gasteiger partial charge in [0.2, 0.25) is 0 Å². The largest absolute Gasteiger partial charge is 0.444 e. The molecular weight excluding hydrogens is 406 g/mol. The standard InChI is InChI=1S/C24H41N5O3/c1-5-25-22(26-13-6-7-15-29-16-18-31-19-17-29)27-14-12-20-8-10-21(11-9-20)28-23(30)32-24(2,3)4/h8-11H,5-7,12-19H2,1-4H3,(H,28,30)(H2,25,26,27). The topological polar surface area (TPSA) is 87.2 Å². The Morgan fingerprint density at radius 3 is 2.50 bits per heavy atom. The fourth-order valence-corrected chi connectivity index (χ4v) is 3.31. The smallest absolute Gasteiger partial charge is 0.412 e. The van der Waals surface area contributed by atoms with Crippen LogP contribution in [-0.4, -0.2) is 75.0 Å². The van der Waals surface area contributed by atoms with Gasteiger partial charge in [-0.3, -0.25) is 15.2 Å². The highest BCUT2D eigenvalue weighted by Crippen LogP contribution is 2.13. The van der Waals surface area contributed by atoms with Gasteiger partial charge in [-0.05, 0) is 71.2 Å². The maximum Gasteiger partial charge on any atom is 0.412 e. The number of benzene rings is 1. The van der Waals surface area contributed by atoms with Crippen molar-refractivity contribution in [2.45, 2.75) is 52.6 Å². The molecule has 0 atom stereocenters. The Morgan fingerprint density at radius 2 is 1.84 bits per heavy atom. The molecule has 2 rings (SSSR count). The predicted molar refractivity (Wildman–Crippen MR) is 130 cm³/mol. The molecule has 1 aliphatic heterocycles. The molecule has 0 aromatic heterocycles. The zero-order chi connectivity index (χ0) is 23.2. The number of nitrogens with zero attached hydrogens (tertiary/aromatic N) is 2. The minimum Gasteiger partial charge on any atom is -0.444 e. The average Bonchev–Trinajstić information content (AvgIpc) is 2.74.